The number of anilines is 3. The minimum absolute atomic E-state index is 0.466. The van der Waals surface area contributed by atoms with Crippen LogP contribution in [0, 0.1) is 0 Å². The van der Waals surface area contributed by atoms with E-state index < -0.39 is 0 Å². The molecule has 3 aromatic carbocycles. The highest BCUT2D eigenvalue weighted by Crippen LogP contribution is 2.34. The van der Waals surface area contributed by atoms with Gasteiger partial charge in [-0.3, -0.25) is 4.98 Å². The van der Waals surface area contributed by atoms with Gasteiger partial charge in [0.15, 0.2) is 0 Å². The number of halogens is 1. The van der Waals surface area contributed by atoms with Gasteiger partial charge in [-0.15, -0.1) is 0 Å². The Hall–Kier alpha value is -3.04. The highest BCUT2D eigenvalue weighted by molar-refractivity contribution is 6.31. The van der Waals surface area contributed by atoms with Gasteiger partial charge < -0.3 is 9.80 Å². The fourth-order valence-electron chi connectivity index (χ4n) is 4.49. The lowest BCUT2D eigenvalue weighted by Crippen LogP contribution is -2.43. The van der Waals surface area contributed by atoms with E-state index >= 15 is 0 Å². The molecule has 0 amide bonds. The molecule has 1 aliphatic rings. The number of benzene rings is 3. The summed E-state index contributed by atoms with van der Waals surface area (Å²) < 4.78 is 0. The van der Waals surface area contributed by atoms with E-state index in [0.717, 1.165) is 36.5 Å². The first-order chi connectivity index (χ1) is 14.8. The summed E-state index contributed by atoms with van der Waals surface area (Å²) in [7, 11) is 0. The fourth-order valence-corrected chi connectivity index (χ4v) is 4.66. The van der Waals surface area contributed by atoms with Gasteiger partial charge >= 0.3 is 0 Å². The topological polar surface area (TPSA) is 19.4 Å². The van der Waals surface area contributed by atoms with Crippen LogP contribution in [0.15, 0.2) is 91.1 Å². The second kappa shape index (κ2) is 8.37. The largest absolute Gasteiger partial charge is 0.371 e. The van der Waals surface area contributed by atoms with Gasteiger partial charge in [-0.2, -0.15) is 0 Å². The van der Waals surface area contributed by atoms with Crippen LogP contribution in [0.2, 0.25) is 5.02 Å². The first-order valence-electron chi connectivity index (χ1n) is 10.5. The van der Waals surface area contributed by atoms with Crippen LogP contribution in [0.1, 0.15) is 12.8 Å². The van der Waals surface area contributed by atoms with Gasteiger partial charge in [0.25, 0.3) is 0 Å². The zero-order chi connectivity index (χ0) is 20.3. The fraction of sp³-hybridized carbons (Fsp3) is 0.192. The molecule has 1 fully saturated rings. The monoisotopic (exact) mass is 413 g/mol. The summed E-state index contributed by atoms with van der Waals surface area (Å²) in [6.45, 7) is 2.03. The molecule has 30 heavy (non-hydrogen) atoms. The quantitative estimate of drug-likeness (QED) is 0.371. The molecule has 4 aromatic rings. The van der Waals surface area contributed by atoms with Crippen LogP contribution in [0.5, 0.6) is 0 Å². The van der Waals surface area contributed by atoms with Gasteiger partial charge in [0.2, 0.25) is 0 Å². The van der Waals surface area contributed by atoms with E-state index in [4.69, 9.17) is 11.6 Å². The van der Waals surface area contributed by atoms with Gasteiger partial charge in [0, 0.05) is 52.8 Å². The Morgan fingerprint density at radius 1 is 0.800 bits per heavy atom. The van der Waals surface area contributed by atoms with E-state index in [2.05, 4.69) is 87.6 Å². The molecule has 1 aliphatic heterocycles. The second-order valence-electron chi connectivity index (χ2n) is 7.75. The predicted molar refractivity (Wildman–Crippen MR) is 127 cm³/mol. The summed E-state index contributed by atoms with van der Waals surface area (Å²) in [6.07, 6.45) is 4.09. The molecule has 0 N–H and O–H groups in total. The minimum atomic E-state index is 0.466. The number of fused-ring (bicyclic) bond motifs is 1. The van der Waals surface area contributed by atoms with Gasteiger partial charge in [-0.05, 0) is 61.4 Å². The summed E-state index contributed by atoms with van der Waals surface area (Å²) in [6, 6.07) is 30.0. The Morgan fingerprint density at radius 3 is 2.07 bits per heavy atom. The molecule has 0 radical (unpaired) electrons. The van der Waals surface area contributed by atoms with E-state index in [-0.39, 0.29) is 0 Å². The van der Waals surface area contributed by atoms with Crippen molar-refractivity contribution >= 4 is 39.6 Å². The molecule has 0 atom stereocenters. The zero-order valence-corrected chi connectivity index (χ0v) is 17.5. The Labute approximate surface area is 182 Å². The maximum atomic E-state index is 6.17. The zero-order valence-electron chi connectivity index (χ0n) is 16.8. The molecule has 0 bridgehead atoms. The molecule has 150 valence electrons. The van der Waals surface area contributed by atoms with Crippen molar-refractivity contribution in [2.24, 2.45) is 0 Å². The summed E-state index contributed by atoms with van der Waals surface area (Å²) in [5.41, 5.74) is 4.72. The van der Waals surface area contributed by atoms with Crippen molar-refractivity contribution < 1.29 is 0 Å². The molecule has 3 nitrogen and oxygen atoms in total. The lowest BCUT2D eigenvalue weighted by molar-refractivity contribution is 0.494. The molecular formula is C26H24ClN3. The third kappa shape index (κ3) is 3.73. The van der Waals surface area contributed by atoms with Crippen LogP contribution in [0.25, 0.3) is 10.9 Å². The number of para-hydroxylation sites is 2. The maximum absolute atomic E-state index is 6.17. The highest BCUT2D eigenvalue weighted by Gasteiger charge is 2.26. The van der Waals surface area contributed by atoms with E-state index in [1.54, 1.807) is 0 Å². The smallest absolute Gasteiger partial charge is 0.0737 e. The van der Waals surface area contributed by atoms with Gasteiger partial charge in [0.05, 0.1) is 5.52 Å². The van der Waals surface area contributed by atoms with Crippen LogP contribution >= 0.6 is 11.6 Å². The van der Waals surface area contributed by atoms with Gasteiger partial charge in [-0.1, -0.05) is 48.0 Å². The highest BCUT2D eigenvalue weighted by atomic mass is 35.5. The molecule has 0 unspecified atom stereocenters. The second-order valence-corrected chi connectivity index (χ2v) is 8.19. The van der Waals surface area contributed by atoms with Crippen molar-refractivity contribution in [3.8, 4) is 0 Å². The van der Waals surface area contributed by atoms with E-state index in [1.165, 1.54) is 22.4 Å². The van der Waals surface area contributed by atoms with Crippen molar-refractivity contribution in [1.82, 2.24) is 4.98 Å². The Balaban J connectivity index is 1.41. The Bertz CT molecular complexity index is 1080. The summed E-state index contributed by atoms with van der Waals surface area (Å²) in [5.74, 6) is 0. The first kappa shape index (κ1) is 19.0. The molecule has 1 saturated heterocycles. The summed E-state index contributed by atoms with van der Waals surface area (Å²) in [4.78, 5) is 9.49. The summed E-state index contributed by atoms with van der Waals surface area (Å²) in [5, 5.41) is 1.90. The lowest BCUT2D eigenvalue weighted by Gasteiger charge is -2.41. The number of pyridine rings is 1. The van der Waals surface area contributed by atoms with Gasteiger partial charge in [0.1, 0.15) is 0 Å². The molecule has 0 saturated carbocycles. The first-order valence-corrected chi connectivity index (χ1v) is 10.9. The minimum Gasteiger partial charge on any atom is -0.371 e. The van der Waals surface area contributed by atoms with E-state index in [1.807, 2.05) is 18.3 Å². The van der Waals surface area contributed by atoms with E-state index in [0.29, 0.717) is 6.04 Å². The van der Waals surface area contributed by atoms with Crippen LogP contribution in [0.3, 0.4) is 0 Å². The van der Waals surface area contributed by atoms with Crippen molar-refractivity contribution in [1.29, 1.82) is 0 Å². The average Bonchev–Trinajstić information content (AvgIpc) is 2.81. The van der Waals surface area contributed by atoms with Crippen LogP contribution in [-0.2, 0) is 0 Å². The molecule has 0 aliphatic carbocycles. The van der Waals surface area contributed by atoms with Crippen molar-refractivity contribution in [2.45, 2.75) is 18.9 Å². The molecule has 4 heteroatoms. The third-order valence-corrected chi connectivity index (χ3v) is 6.16. The molecule has 2 heterocycles. The van der Waals surface area contributed by atoms with Crippen molar-refractivity contribution in [3.63, 3.8) is 0 Å². The number of piperidine rings is 1. The van der Waals surface area contributed by atoms with Crippen LogP contribution < -0.4 is 9.80 Å². The number of rotatable bonds is 4. The van der Waals surface area contributed by atoms with Crippen LogP contribution in [0.4, 0.5) is 17.1 Å². The number of hydrogen-bond acceptors (Lipinski definition) is 3. The maximum Gasteiger partial charge on any atom is 0.0737 e. The number of aromatic nitrogens is 1. The van der Waals surface area contributed by atoms with Gasteiger partial charge in [-0.25, -0.2) is 0 Å². The molecular weight excluding hydrogens is 390 g/mol. The van der Waals surface area contributed by atoms with Crippen LogP contribution in [-0.4, -0.2) is 24.1 Å². The lowest BCUT2D eigenvalue weighted by atomic mass is 10.00. The number of nitrogens with zero attached hydrogens (tertiary/aromatic N) is 3. The third-order valence-electron chi connectivity index (χ3n) is 5.92. The Kier molecular flexibility index (Phi) is 5.29. The molecule has 1 aromatic heterocycles. The summed E-state index contributed by atoms with van der Waals surface area (Å²) >= 11 is 6.17. The average molecular weight is 414 g/mol. The SMILES string of the molecule is Clc1ccc2c(N3CCC(N(c4ccccc4)c4ccccc4)CC3)ccnc2c1. The van der Waals surface area contributed by atoms with E-state index in [9.17, 15) is 0 Å². The molecule has 5 rings (SSSR count). The molecule has 0 spiro atoms. The van der Waals surface area contributed by atoms with Crippen molar-refractivity contribution in [3.05, 3.63) is 96.1 Å². The normalized spacial score (nSPS) is 14.8. The Morgan fingerprint density at radius 2 is 1.43 bits per heavy atom. The number of hydrogen-bond donors (Lipinski definition) is 0. The van der Waals surface area contributed by atoms with Crippen molar-refractivity contribution in [2.75, 3.05) is 22.9 Å². The predicted octanol–water partition coefficient (Wildman–Crippen LogP) is 6.70. The standard InChI is InChI=1S/C26H24ClN3/c27-20-11-12-24-25(19-20)28-16-13-26(24)29-17-14-23(15-18-29)30(21-7-3-1-4-8-21)22-9-5-2-6-10-22/h1-13,16,19,23H,14-15,17-18H2.